The number of hydrogen-bond acceptors (Lipinski definition) is 6. The maximum Gasteiger partial charge on any atom is 0.317 e. The van der Waals surface area contributed by atoms with Gasteiger partial charge in [-0.25, -0.2) is 14.8 Å². The van der Waals surface area contributed by atoms with E-state index in [9.17, 15) is 4.79 Å². The van der Waals surface area contributed by atoms with Crippen molar-refractivity contribution in [1.29, 1.82) is 0 Å². The highest BCUT2D eigenvalue weighted by Gasteiger charge is 2.24. The van der Waals surface area contributed by atoms with Crippen LogP contribution in [0, 0.1) is 13.8 Å². The van der Waals surface area contributed by atoms with Crippen LogP contribution in [0.1, 0.15) is 17.5 Å². The summed E-state index contributed by atoms with van der Waals surface area (Å²) in [5.41, 5.74) is 1.09. The Kier molecular flexibility index (Phi) is 4.98. The van der Waals surface area contributed by atoms with Gasteiger partial charge in [0, 0.05) is 37.1 Å². The molecule has 8 nitrogen and oxygen atoms in total. The van der Waals surface area contributed by atoms with Crippen LogP contribution < -0.4 is 10.2 Å². The molecule has 3 heterocycles. The number of nitrogens with zero attached hydrogens (tertiary/aromatic N) is 6. The van der Waals surface area contributed by atoms with Crippen molar-refractivity contribution < 1.29 is 4.79 Å². The minimum absolute atomic E-state index is 0.00138. The highest BCUT2D eigenvalue weighted by atomic mass is 32.1. The number of aromatic nitrogens is 4. The summed E-state index contributed by atoms with van der Waals surface area (Å²) in [6, 6.07) is -0.0183. The molecule has 0 bridgehead atoms. The van der Waals surface area contributed by atoms with Crippen molar-refractivity contribution in [2.75, 3.05) is 31.1 Å². The number of amides is 2. The largest absolute Gasteiger partial charge is 0.345 e. The average Bonchev–Trinajstić information content (AvgIpc) is 3.18. The van der Waals surface area contributed by atoms with Gasteiger partial charge < -0.3 is 15.1 Å². The molecule has 0 radical (unpaired) electrons. The number of rotatable bonds is 4. The van der Waals surface area contributed by atoms with E-state index in [1.165, 1.54) is 11.2 Å². The maximum absolute atomic E-state index is 12.4. The number of carbonyl (C=O) groups is 1. The summed E-state index contributed by atoms with van der Waals surface area (Å²) >= 11 is 1.72. The number of urea groups is 1. The standard InChI is InChI=1S/C15H23N7OS/c1-11(8-22-10-16-9-17-22)18-14(23)20-4-6-21(7-5-20)15-19-12(2)13(3)24-15/h9-11H,4-8H2,1-3H3,(H,18,23)/t11-/m1/s1. The van der Waals surface area contributed by atoms with Gasteiger partial charge in [0.2, 0.25) is 0 Å². The predicted octanol–water partition coefficient (Wildman–Crippen LogP) is 1.27. The lowest BCUT2D eigenvalue weighted by Gasteiger charge is -2.35. The molecule has 2 amide bonds. The molecule has 1 aliphatic heterocycles. The normalized spacial score (nSPS) is 16.3. The van der Waals surface area contributed by atoms with E-state index >= 15 is 0 Å². The van der Waals surface area contributed by atoms with Gasteiger partial charge in [-0.1, -0.05) is 0 Å². The fourth-order valence-electron chi connectivity index (χ4n) is 2.65. The van der Waals surface area contributed by atoms with E-state index in [0.717, 1.165) is 23.9 Å². The Bertz CT molecular complexity index is 657. The van der Waals surface area contributed by atoms with Crippen molar-refractivity contribution in [1.82, 2.24) is 30.0 Å². The third kappa shape index (κ3) is 3.84. The van der Waals surface area contributed by atoms with Gasteiger partial charge in [0.05, 0.1) is 12.2 Å². The molecule has 0 aliphatic carbocycles. The molecule has 0 saturated carbocycles. The van der Waals surface area contributed by atoms with Crippen LogP contribution in [-0.2, 0) is 6.54 Å². The van der Waals surface area contributed by atoms with E-state index in [4.69, 9.17) is 0 Å². The Morgan fingerprint density at radius 3 is 2.67 bits per heavy atom. The highest BCUT2D eigenvalue weighted by molar-refractivity contribution is 7.15. The molecule has 1 aliphatic rings. The van der Waals surface area contributed by atoms with Crippen LogP contribution in [0.2, 0.25) is 0 Å². The van der Waals surface area contributed by atoms with E-state index in [0.29, 0.717) is 19.6 Å². The molecule has 3 rings (SSSR count). The first kappa shape index (κ1) is 16.7. The van der Waals surface area contributed by atoms with E-state index in [-0.39, 0.29) is 12.1 Å². The number of nitrogens with one attached hydrogen (secondary N) is 1. The van der Waals surface area contributed by atoms with Crippen molar-refractivity contribution in [3.05, 3.63) is 23.2 Å². The van der Waals surface area contributed by atoms with Crippen LogP contribution >= 0.6 is 11.3 Å². The van der Waals surface area contributed by atoms with Crippen molar-refractivity contribution in [3.8, 4) is 0 Å². The highest BCUT2D eigenvalue weighted by Crippen LogP contribution is 2.25. The molecule has 9 heteroatoms. The molecule has 0 unspecified atom stereocenters. The van der Waals surface area contributed by atoms with Crippen LogP contribution in [0.5, 0.6) is 0 Å². The van der Waals surface area contributed by atoms with Gasteiger partial charge >= 0.3 is 6.03 Å². The van der Waals surface area contributed by atoms with E-state index in [2.05, 4.69) is 32.2 Å². The van der Waals surface area contributed by atoms with Gasteiger partial charge in [0.15, 0.2) is 5.13 Å². The SMILES string of the molecule is Cc1nc(N2CCN(C(=O)N[C@H](C)Cn3cncn3)CC2)sc1C. The lowest BCUT2D eigenvalue weighted by Crippen LogP contribution is -2.53. The number of carbonyl (C=O) groups excluding carboxylic acids is 1. The first-order chi connectivity index (χ1) is 11.5. The smallest absolute Gasteiger partial charge is 0.317 e. The first-order valence-corrected chi connectivity index (χ1v) is 8.91. The summed E-state index contributed by atoms with van der Waals surface area (Å²) in [6.45, 7) is 9.76. The van der Waals surface area contributed by atoms with Gasteiger partial charge in [-0.3, -0.25) is 4.68 Å². The maximum atomic E-state index is 12.4. The van der Waals surface area contributed by atoms with Gasteiger partial charge in [0.1, 0.15) is 12.7 Å². The second-order valence-corrected chi connectivity index (χ2v) is 7.26. The van der Waals surface area contributed by atoms with Crippen LogP contribution in [0.15, 0.2) is 12.7 Å². The summed E-state index contributed by atoms with van der Waals surface area (Å²) in [6.07, 6.45) is 3.15. The van der Waals surface area contributed by atoms with Crippen molar-refractivity contribution in [2.45, 2.75) is 33.4 Å². The monoisotopic (exact) mass is 349 g/mol. The van der Waals surface area contributed by atoms with Crippen molar-refractivity contribution >= 4 is 22.5 Å². The summed E-state index contributed by atoms with van der Waals surface area (Å²) in [4.78, 5) is 26.3. The van der Waals surface area contributed by atoms with E-state index in [1.54, 1.807) is 22.3 Å². The fourth-order valence-corrected chi connectivity index (χ4v) is 3.61. The Morgan fingerprint density at radius 2 is 2.08 bits per heavy atom. The number of hydrogen-bond donors (Lipinski definition) is 1. The van der Waals surface area contributed by atoms with Crippen molar-refractivity contribution in [3.63, 3.8) is 0 Å². The Balaban J connectivity index is 1.48. The molecular weight excluding hydrogens is 326 g/mol. The summed E-state index contributed by atoms with van der Waals surface area (Å²) in [5, 5.41) is 8.14. The molecule has 2 aromatic heterocycles. The number of anilines is 1. The zero-order chi connectivity index (χ0) is 17.1. The molecule has 1 N–H and O–H groups in total. The molecule has 2 aromatic rings. The van der Waals surface area contributed by atoms with Gasteiger partial charge in [0.25, 0.3) is 0 Å². The lowest BCUT2D eigenvalue weighted by molar-refractivity contribution is 0.189. The lowest BCUT2D eigenvalue weighted by atomic mass is 10.3. The molecule has 0 spiro atoms. The van der Waals surface area contributed by atoms with Crippen molar-refractivity contribution in [2.24, 2.45) is 0 Å². The van der Waals surface area contributed by atoms with Gasteiger partial charge in [-0.05, 0) is 20.8 Å². The van der Waals surface area contributed by atoms with Crippen LogP contribution in [0.4, 0.5) is 9.93 Å². The number of aryl methyl sites for hydroxylation is 2. The Morgan fingerprint density at radius 1 is 1.33 bits per heavy atom. The zero-order valence-electron chi connectivity index (χ0n) is 14.3. The third-order valence-electron chi connectivity index (χ3n) is 4.15. The van der Waals surface area contributed by atoms with Gasteiger partial charge in [-0.2, -0.15) is 5.10 Å². The van der Waals surface area contributed by atoms with E-state index in [1.807, 2.05) is 18.7 Å². The molecule has 1 fully saturated rings. The second-order valence-electron chi connectivity index (χ2n) is 6.08. The molecule has 130 valence electrons. The Hall–Kier alpha value is -2.16. The minimum Gasteiger partial charge on any atom is -0.345 e. The molecule has 24 heavy (non-hydrogen) atoms. The van der Waals surface area contributed by atoms with Gasteiger partial charge in [-0.15, -0.1) is 11.3 Å². The average molecular weight is 349 g/mol. The van der Waals surface area contributed by atoms with Crippen LogP contribution in [0.25, 0.3) is 0 Å². The first-order valence-electron chi connectivity index (χ1n) is 8.10. The Labute approximate surface area is 145 Å². The topological polar surface area (TPSA) is 79.2 Å². The number of piperazine rings is 1. The van der Waals surface area contributed by atoms with E-state index < -0.39 is 0 Å². The number of thiazole rings is 1. The van der Waals surface area contributed by atoms with Crippen LogP contribution in [-0.4, -0.2) is 62.9 Å². The quantitative estimate of drug-likeness (QED) is 0.899. The minimum atomic E-state index is -0.0197. The zero-order valence-corrected chi connectivity index (χ0v) is 15.1. The fraction of sp³-hybridized carbons (Fsp3) is 0.600. The summed E-state index contributed by atoms with van der Waals surface area (Å²) in [7, 11) is 0. The molecule has 0 aromatic carbocycles. The third-order valence-corrected chi connectivity index (χ3v) is 5.29. The van der Waals surface area contributed by atoms with Crippen LogP contribution in [0.3, 0.4) is 0 Å². The summed E-state index contributed by atoms with van der Waals surface area (Å²) < 4.78 is 1.72. The predicted molar refractivity (Wildman–Crippen MR) is 93.4 cm³/mol. The second kappa shape index (κ2) is 7.16. The molecule has 1 atom stereocenters. The molecular formula is C15H23N7OS. The molecule has 1 saturated heterocycles. The summed E-state index contributed by atoms with van der Waals surface area (Å²) in [5.74, 6) is 0.